The summed E-state index contributed by atoms with van der Waals surface area (Å²) in [7, 11) is 0. The van der Waals surface area contributed by atoms with E-state index in [1.54, 1.807) is 0 Å². The Morgan fingerprint density at radius 1 is 1.17 bits per heavy atom. The monoisotopic (exact) mass is 248 g/mol. The molecule has 0 amide bonds. The standard InChI is InChI=1S/C16H28N2/c1-4-6-7-15(5-2)16(18-17)12-14-10-8-13(3)9-11-14/h8-11,15-16,18H,4-7,12,17H2,1-3H3. The molecule has 2 nitrogen and oxygen atoms in total. The SMILES string of the molecule is CCCCC(CC)C(Cc1ccc(C)cc1)NN. The Morgan fingerprint density at radius 2 is 1.83 bits per heavy atom. The number of hydrogen-bond donors (Lipinski definition) is 2. The van der Waals surface area contributed by atoms with Crippen LogP contribution < -0.4 is 11.3 Å². The van der Waals surface area contributed by atoms with Crippen LogP contribution in [0.15, 0.2) is 24.3 Å². The lowest BCUT2D eigenvalue weighted by atomic mass is 9.88. The average Bonchev–Trinajstić information content (AvgIpc) is 2.40. The second-order valence-electron chi connectivity index (χ2n) is 5.27. The molecule has 0 heterocycles. The molecular weight excluding hydrogens is 220 g/mol. The van der Waals surface area contributed by atoms with Crippen LogP contribution in [0, 0.1) is 12.8 Å². The molecule has 0 aromatic heterocycles. The van der Waals surface area contributed by atoms with Gasteiger partial charge in [-0.1, -0.05) is 62.9 Å². The molecule has 0 aliphatic heterocycles. The summed E-state index contributed by atoms with van der Waals surface area (Å²) in [6.07, 6.45) is 6.05. The van der Waals surface area contributed by atoms with Crippen molar-refractivity contribution in [3.8, 4) is 0 Å². The first-order valence-corrected chi connectivity index (χ1v) is 7.22. The second-order valence-corrected chi connectivity index (χ2v) is 5.27. The molecule has 1 aromatic rings. The molecule has 3 N–H and O–H groups in total. The highest BCUT2D eigenvalue weighted by Gasteiger charge is 2.18. The van der Waals surface area contributed by atoms with E-state index in [-0.39, 0.29) is 0 Å². The number of nitrogens with one attached hydrogen (secondary N) is 1. The van der Waals surface area contributed by atoms with Crippen LogP contribution in [0.25, 0.3) is 0 Å². The van der Waals surface area contributed by atoms with Crippen molar-refractivity contribution in [3.05, 3.63) is 35.4 Å². The van der Waals surface area contributed by atoms with Crippen molar-refractivity contribution in [1.29, 1.82) is 0 Å². The van der Waals surface area contributed by atoms with Gasteiger partial charge >= 0.3 is 0 Å². The molecule has 0 fully saturated rings. The van der Waals surface area contributed by atoms with Gasteiger partial charge in [0.15, 0.2) is 0 Å². The third-order valence-electron chi connectivity index (χ3n) is 3.81. The van der Waals surface area contributed by atoms with Gasteiger partial charge in [-0.3, -0.25) is 11.3 Å². The quantitative estimate of drug-likeness (QED) is 0.545. The zero-order chi connectivity index (χ0) is 13.4. The molecule has 0 radical (unpaired) electrons. The molecule has 102 valence electrons. The van der Waals surface area contributed by atoms with E-state index in [2.05, 4.69) is 50.5 Å². The first-order chi connectivity index (χ1) is 8.71. The number of unbranched alkanes of at least 4 members (excludes halogenated alkanes) is 1. The van der Waals surface area contributed by atoms with E-state index in [4.69, 9.17) is 5.84 Å². The maximum Gasteiger partial charge on any atom is 0.0279 e. The topological polar surface area (TPSA) is 38.0 Å². The van der Waals surface area contributed by atoms with Gasteiger partial charge in [0.2, 0.25) is 0 Å². The van der Waals surface area contributed by atoms with Gasteiger partial charge in [0.25, 0.3) is 0 Å². The number of hydrazine groups is 1. The Hall–Kier alpha value is -0.860. The van der Waals surface area contributed by atoms with Gasteiger partial charge in [-0.05, 0) is 31.2 Å². The lowest BCUT2D eigenvalue weighted by Crippen LogP contribution is -2.42. The van der Waals surface area contributed by atoms with Crippen LogP contribution in [0.3, 0.4) is 0 Å². The van der Waals surface area contributed by atoms with Crippen LogP contribution in [0.1, 0.15) is 50.7 Å². The van der Waals surface area contributed by atoms with E-state index in [9.17, 15) is 0 Å². The number of nitrogens with two attached hydrogens (primary N) is 1. The van der Waals surface area contributed by atoms with Crippen molar-refractivity contribution in [2.24, 2.45) is 11.8 Å². The Balaban J connectivity index is 2.61. The Bertz CT molecular complexity index is 318. The summed E-state index contributed by atoms with van der Waals surface area (Å²) in [5, 5.41) is 0. The van der Waals surface area contributed by atoms with E-state index >= 15 is 0 Å². The van der Waals surface area contributed by atoms with Gasteiger partial charge in [-0.15, -0.1) is 0 Å². The number of hydrogen-bond acceptors (Lipinski definition) is 2. The lowest BCUT2D eigenvalue weighted by molar-refractivity contribution is 0.318. The van der Waals surface area contributed by atoms with Gasteiger partial charge < -0.3 is 0 Å². The molecule has 2 unspecified atom stereocenters. The normalized spacial score (nSPS) is 14.4. The van der Waals surface area contributed by atoms with Crippen LogP contribution >= 0.6 is 0 Å². The Kier molecular flexibility index (Phi) is 6.99. The summed E-state index contributed by atoms with van der Waals surface area (Å²) in [4.78, 5) is 0. The van der Waals surface area contributed by atoms with E-state index in [0.717, 1.165) is 6.42 Å². The van der Waals surface area contributed by atoms with Crippen molar-refractivity contribution in [1.82, 2.24) is 5.43 Å². The molecule has 0 saturated carbocycles. The van der Waals surface area contributed by atoms with E-state index in [0.29, 0.717) is 12.0 Å². The first kappa shape index (κ1) is 15.2. The van der Waals surface area contributed by atoms with Crippen molar-refractivity contribution in [3.63, 3.8) is 0 Å². The highest BCUT2D eigenvalue weighted by Crippen LogP contribution is 2.20. The minimum atomic E-state index is 0.393. The molecule has 1 aromatic carbocycles. The predicted molar refractivity (Wildman–Crippen MR) is 79.3 cm³/mol. The smallest absolute Gasteiger partial charge is 0.0279 e. The zero-order valence-electron chi connectivity index (χ0n) is 12.1. The zero-order valence-corrected chi connectivity index (χ0v) is 12.1. The summed E-state index contributed by atoms with van der Waals surface area (Å²) in [5.74, 6) is 6.43. The van der Waals surface area contributed by atoms with Crippen molar-refractivity contribution < 1.29 is 0 Å². The Labute approximate surface area is 112 Å². The van der Waals surface area contributed by atoms with Crippen LogP contribution in [-0.4, -0.2) is 6.04 Å². The third-order valence-corrected chi connectivity index (χ3v) is 3.81. The van der Waals surface area contributed by atoms with E-state index in [1.807, 2.05) is 0 Å². The van der Waals surface area contributed by atoms with Crippen LogP contribution in [0.2, 0.25) is 0 Å². The van der Waals surface area contributed by atoms with Crippen LogP contribution in [0.4, 0.5) is 0 Å². The summed E-state index contributed by atoms with van der Waals surface area (Å²) < 4.78 is 0. The second kappa shape index (κ2) is 8.28. The minimum absolute atomic E-state index is 0.393. The summed E-state index contributed by atoms with van der Waals surface area (Å²) in [6.45, 7) is 6.63. The maximum absolute atomic E-state index is 5.75. The largest absolute Gasteiger partial charge is 0.271 e. The minimum Gasteiger partial charge on any atom is -0.271 e. The molecule has 0 aliphatic rings. The average molecular weight is 248 g/mol. The molecule has 2 heteroatoms. The fraction of sp³-hybridized carbons (Fsp3) is 0.625. The molecule has 0 spiro atoms. The summed E-state index contributed by atoms with van der Waals surface area (Å²) in [5.41, 5.74) is 5.71. The summed E-state index contributed by atoms with van der Waals surface area (Å²) in [6, 6.07) is 9.17. The molecule has 2 atom stereocenters. The summed E-state index contributed by atoms with van der Waals surface area (Å²) >= 11 is 0. The molecular formula is C16H28N2. The molecule has 0 aliphatic carbocycles. The maximum atomic E-state index is 5.75. The number of benzene rings is 1. The van der Waals surface area contributed by atoms with Gasteiger partial charge in [0, 0.05) is 6.04 Å². The first-order valence-electron chi connectivity index (χ1n) is 7.22. The highest BCUT2D eigenvalue weighted by atomic mass is 15.2. The number of rotatable bonds is 8. The van der Waals surface area contributed by atoms with Gasteiger partial charge in [0.1, 0.15) is 0 Å². The molecule has 0 saturated heterocycles. The van der Waals surface area contributed by atoms with E-state index < -0.39 is 0 Å². The van der Waals surface area contributed by atoms with Crippen LogP contribution in [0.5, 0.6) is 0 Å². The Morgan fingerprint density at radius 3 is 2.33 bits per heavy atom. The number of aryl methyl sites for hydroxylation is 1. The molecule has 1 rings (SSSR count). The predicted octanol–water partition coefficient (Wildman–Crippen LogP) is 3.59. The molecule has 18 heavy (non-hydrogen) atoms. The fourth-order valence-electron chi connectivity index (χ4n) is 2.50. The van der Waals surface area contributed by atoms with Crippen LogP contribution in [-0.2, 0) is 6.42 Å². The van der Waals surface area contributed by atoms with Gasteiger partial charge in [0.05, 0.1) is 0 Å². The highest BCUT2D eigenvalue weighted by molar-refractivity contribution is 5.22. The van der Waals surface area contributed by atoms with Gasteiger partial charge in [-0.25, -0.2) is 0 Å². The lowest BCUT2D eigenvalue weighted by Gasteiger charge is -2.25. The van der Waals surface area contributed by atoms with Crippen molar-refractivity contribution >= 4 is 0 Å². The third kappa shape index (κ3) is 4.79. The molecule has 0 bridgehead atoms. The van der Waals surface area contributed by atoms with Crippen molar-refractivity contribution in [2.45, 2.75) is 58.9 Å². The van der Waals surface area contributed by atoms with Gasteiger partial charge in [-0.2, -0.15) is 0 Å². The van der Waals surface area contributed by atoms with E-state index in [1.165, 1.54) is 36.8 Å². The van der Waals surface area contributed by atoms with Crippen molar-refractivity contribution in [2.75, 3.05) is 0 Å². The fourth-order valence-corrected chi connectivity index (χ4v) is 2.50.